The lowest BCUT2D eigenvalue weighted by molar-refractivity contribution is -0.146. The third kappa shape index (κ3) is 5.23. The third-order valence-corrected chi connectivity index (χ3v) is 2.72. The van der Waals surface area contributed by atoms with Crippen molar-refractivity contribution >= 4 is 35.5 Å². The van der Waals surface area contributed by atoms with Gasteiger partial charge in [-0.1, -0.05) is 17.7 Å². The first-order chi connectivity index (χ1) is 9.81. The Labute approximate surface area is 123 Å². The quantitative estimate of drug-likeness (QED) is 0.691. The lowest BCUT2D eigenvalue weighted by Gasteiger charge is -2.10. The zero-order valence-electron chi connectivity index (χ0n) is 10.5. The topological polar surface area (TPSA) is 104 Å². The predicted octanol–water partition coefficient (Wildman–Crippen LogP) is 1.54. The van der Waals surface area contributed by atoms with Gasteiger partial charge in [0.25, 0.3) is 0 Å². The average molecular weight is 316 g/mol. The van der Waals surface area contributed by atoms with E-state index in [1.807, 2.05) is 5.32 Å². The number of amides is 1. The molecule has 1 unspecified atom stereocenters. The zero-order chi connectivity index (χ0) is 16.0. The summed E-state index contributed by atoms with van der Waals surface area (Å²) in [6.45, 7) is 0. The molecule has 112 valence electrons. The first kappa shape index (κ1) is 16.6. The molecule has 0 saturated carbocycles. The van der Waals surface area contributed by atoms with E-state index < -0.39 is 36.1 Å². The summed E-state index contributed by atoms with van der Waals surface area (Å²) < 4.78 is 13.4. The molecular formula is C13H11ClFNO5. The van der Waals surface area contributed by atoms with E-state index in [1.54, 1.807) is 0 Å². The lowest BCUT2D eigenvalue weighted by atomic mass is 10.2. The number of benzene rings is 1. The number of halogens is 2. The van der Waals surface area contributed by atoms with Crippen molar-refractivity contribution in [3.05, 3.63) is 40.7 Å². The molecule has 0 aliphatic heterocycles. The van der Waals surface area contributed by atoms with Crippen LogP contribution in [0.4, 0.5) is 4.39 Å². The molecule has 1 amide bonds. The number of carboxylic acid groups (broad SMARTS) is 2. The molecule has 1 aromatic rings. The summed E-state index contributed by atoms with van der Waals surface area (Å²) in [4.78, 5) is 32.7. The summed E-state index contributed by atoms with van der Waals surface area (Å²) in [6.07, 6.45) is 1.18. The minimum absolute atomic E-state index is 0.0283. The van der Waals surface area contributed by atoms with Gasteiger partial charge < -0.3 is 15.5 Å². The van der Waals surface area contributed by atoms with E-state index in [2.05, 4.69) is 0 Å². The van der Waals surface area contributed by atoms with E-state index in [-0.39, 0.29) is 10.6 Å². The highest BCUT2D eigenvalue weighted by atomic mass is 35.5. The second-order valence-electron chi connectivity index (χ2n) is 3.97. The number of hydrogen-bond acceptors (Lipinski definition) is 3. The van der Waals surface area contributed by atoms with Gasteiger partial charge in [0, 0.05) is 11.6 Å². The van der Waals surface area contributed by atoms with Crippen LogP contribution >= 0.6 is 11.6 Å². The fourth-order valence-corrected chi connectivity index (χ4v) is 1.65. The minimum atomic E-state index is -1.57. The average Bonchev–Trinajstić information content (AvgIpc) is 2.36. The predicted molar refractivity (Wildman–Crippen MR) is 72.3 cm³/mol. The molecule has 1 rings (SSSR count). The van der Waals surface area contributed by atoms with Gasteiger partial charge in [-0.2, -0.15) is 0 Å². The third-order valence-electron chi connectivity index (χ3n) is 2.39. The maximum atomic E-state index is 13.4. The monoisotopic (exact) mass is 315 g/mol. The molecule has 0 radical (unpaired) electrons. The van der Waals surface area contributed by atoms with Crippen molar-refractivity contribution in [3.63, 3.8) is 0 Å². The van der Waals surface area contributed by atoms with E-state index in [9.17, 15) is 18.8 Å². The van der Waals surface area contributed by atoms with Crippen molar-refractivity contribution in [2.24, 2.45) is 0 Å². The molecular weight excluding hydrogens is 305 g/mol. The Morgan fingerprint density at radius 1 is 1.33 bits per heavy atom. The van der Waals surface area contributed by atoms with Crippen LogP contribution in [0, 0.1) is 5.82 Å². The van der Waals surface area contributed by atoms with E-state index in [0.29, 0.717) is 0 Å². The Morgan fingerprint density at radius 3 is 2.52 bits per heavy atom. The van der Waals surface area contributed by atoms with Gasteiger partial charge in [0.1, 0.15) is 11.9 Å². The molecule has 21 heavy (non-hydrogen) atoms. The second-order valence-corrected chi connectivity index (χ2v) is 4.37. The van der Waals surface area contributed by atoms with Crippen molar-refractivity contribution in [2.75, 3.05) is 0 Å². The fraction of sp³-hybridized carbons (Fsp3) is 0.154. The molecule has 0 bridgehead atoms. The van der Waals surface area contributed by atoms with Crippen molar-refractivity contribution in [3.8, 4) is 0 Å². The van der Waals surface area contributed by atoms with Crippen molar-refractivity contribution in [2.45, 2.75) is 12.5 Å². The van der Waals surface area contributed by atoms with Crippen LogP contribution in [0.15, 0.2) is 24.3 Å². The fourth-order valence-electron chi connectivity index (χ4n) is 1.42. The Kier molecular flexibility index (Phi) is 5.86. The van der Waals surface area contributed by atoms with Crippen LogP contribution in [0.2, 0.25) is 5.02 Å². The van der Waals surface area contributed by atoms with Crippen LogP contribution in [-0.2, 0) is 14.4 Å². The smallest absolute Gasteiger partial charge is 0.326 e. The van der Waals surface area contributed by atoms with E-state index in [1.165, 1.54) is 12.1 Å². The van der Waals surface area contributed by atoms with Gasteiger partial charge in [-0.15, -0.1) is 0 Å². The highest BCUT2D eigenvalue weighted by Crippen LogP contribution is 2.20. The van der Waals surface area contributed by atoms with Crippen LogP contribution in [0.3, 0.4) is 0 Å². The number of rotatable bonds is 6. The minimum Gasteiger partial charge on any atom is -0.481 e. The van der Waals surface area contributed by atoms with Gasteiger partial charge in [0.2, 0.25) is 5.91 Å². The van der Waals surface area contributed by atoms with Crippen molar-refractivity contribution in [1.82, 2.24) is 5.32 Å². The number of hydrogen-bond donors (Lipinski definition) is 3. The molecule has 6 nitrogen and oxygen atoms in total. The second kappa shape index (κ2) is 7.39. The molecule has 0 heterocycles. The summed E-state index contributed by atoms with van der Waals surface area (Å²) in [5.41, 5.74) is -0.0283. The van der Waals surface area contributed by atoms with Crippen molar-refractivity contribution < 1.29 is 29.0 Å². The number of nitrogens with one attached hydrogen (secondary N) is 1. The normalized spacial score (nSPS) is 12.1. The van der Waals surface area contributed by atoms with Crippen LogP contribution < -0.4 is 5.32 Å². The van der Waals surface area contributed by atoms with Gasteiger partial charge >= 0.3 is 11.9 Å². The van der Waals surface area contributed by atoms with Crippen molar-refractivity contribution in [1.29, 1.82) is 0 Å². The number of aliphatic carboxylic acids is 2. The Morgan fingerprint density at radius 2 is 2.00 bits per heavy atom. The van der Waals surface area contributed by atoms with Gasteiger partial charge in [0.15, 0.2) is 0 Å². The zero-order valence-corrected chi connectivity index (χ0v) is 11.3. The molecule has 0 spiro atoms. The molecule has 0 aromatic heterocycles. The molecule has 3 N–H and O–H groups in total. The number of carbonyl (C=O) groups is 3. The highest BCUT2D eigenvalue weighted by molar-refractivity contribution is 6.32. The van der Waals surface area contributed by atoms with Crippen LogP contribution in [0.25, 0.3) is 6.08 Å². The first-order valence-electron chi connectivity index (χ1n) is 5.68. The molecule has 0 aliphatic rings. The largest absolute Gasteiger partial charge is 0.481 e. The van der Waals surface area contributed by atoms with Gasteiger partial charge in [-0.3, -0.25) is 9.59 Å². The summed E-state index contributed by atoms with van der Waals surface area (Å²) in [6, 6.07) is 2.39. The Bertz CT molecular complexity index is 582. The molecule has 1 aromatic carbocycles. The highest BCUT2D eigenvalue weighted by Gasteiger charge is 2.22. The number of carboxylic acids is 2. The SMILES string of the molecule is O=C(O)CC(NC(=O)/C=C/c1c(F)cccc1Cl)C(=O)O. The standard InChI is InChI=1S/C13H11ClFNO5/c14-8-2-1-3-9(15)7(8)4-5-11(17)16-10(13(20)21)6-12(18)19/h1-5,10H,6H2,(H,16,17)(H,18,19)(H,20,21)/b5-4+. The first-order valence-corrected chi connectivity index (χ1v) is 6.06. The molecule has 0 saturated heterocycles. The van der Waals surface area contributed by atoms with Crippen LogP contribution in [0.5, 0.6) is 0 Å². The van der Waals surface area contributed by atoms with E-state index in [0.717, 1.165) is 18.2 Å². The Balaban J connectivity index is 2.78. The Hall–Kier alpha value is -2.41. The van der Waals surface area contributed by atoms with E-state index >= 15 is 0 Å². The molecule has 0 fully saturated rings. The lowest BCUT2D eigenvalue weighted by Crippen LogP contribution is -2.41. The molecule has 1 atom stereocenters. The summed E-state index contributed by atoms with van der Waals surface area (Å²) in [5, 5.41) is 19.4. The summed E-state index contributed by atoms with van der Waals surface area (Å²) in [5.74, 6) is -4.37. The summed E-state index contributed by atoms with van der Waals surface area (Å²) >= 11 is 5.74. The molecule has 8 heteroatoms. The molecule has 0 aliphatic carbocycles. The van der Waals surface area contributed by atoms with Gasteiger partial charge in [-0.25, -0.2) is 9.18 Å². The number of carbonyl (C=O) groups excluding carboxylic acids is 1. The van der Waals surface area contributed by atoms with Crippen LogP contribution in [0.1, 0.15) is 12.0 Å². The van der Waals surface area contributed by atoms with E-state index in [4.69, 9.17) is 21.8 Å². The van der Waals surface area contributed by atoms with Crippen LogP contribution in [-0.4, -0.2) is 34.1 Å². The maximum absolute atomic E-state index is 13.4. The summed E-state index contributed by atoms with van der Waals surface area (Å²) in [7, 11) is 0. The maximum Gasteiger partial charge on any atom is 0.326 e. The van der Waals surface area contributed by atoms with Gasteiger partial charge in [-0.05, 0) is 18.2 Å². The van der Waals surface area contributed by atoms with Gasteiger partial charge in [0.05, 0.1) is 11.4 Å².